The number of carbonyl (C=O) groups is 2. The molecule has 0 saturated carbocycles. The number of hydrogen-bond acceptors (Lipinski definition) is 3. The lowest BCUT2D eigenvalue weighted by atomic mass is 9.86. The predicted molar refractivity (Wildman–Crippen MR) is 130 cm³/mol. The first-order valence-electron chi connectivity index (χ1n) is 11.3. The van der Waals surface area contributed by atoms with E-state index in [1.807, 2.05) is 69.3 Å². The second kappa shape index (κ2) is 11.2. The number of nitrogens with one attached hydrogen (secondary N) is 1. The van der Waals surface area contributed by atoms with Gasteiger partial charge in [0.15, 0.2) is 6.61 Å². The average Bonchev–Trinajstić information content (AvgIpc) is 2.74. The molecule has 0 heterocycles. The van der Waals surface area contributed by atoms with Gasteiger partial charge in [0.1, 0.15) is 11.8 Å². The lowest BCUT2D eigenvalue weighted by molar-refractivity contribution is -0.142. The molecule has 2 rings (SSSR count). The molecular formula is C27H38N2O3. The molecule has 2 amide bonds. The zero-order valence-corrected chi connectivity index (χ0v) is 20.6. The summed E-state index contributed by atoms with van der Waals surface area (Å²) in [5.74, 6) is 0.657. The number of hydrogen-bond donors (Lipinski definition) is 1. The van der Waals surface area contributed by atoms with E-state index in [1.54, 1.807) is 11.8 Å². The summed E-state index contributed by atoms with van der Waals surface area (Å²) in [7, 11) is 0. The third kappa shape index (κ3) is 7.11. The quantitative estimate of drug-likeness (QED) is 0.608. The first-order valence-corrected chi connectivity index (χ1v) is 11.3. The van der Waals surface area contributed by atoms with Gasteiger partial charge in [-0.3, -0.25) is 9.59 Å². The van der Waals surface area contributed by atoms with Gasteiger partial charge >= 0.3 is 0 Å². The van der Waals surface area contributed by atoms with Crippen LogP contribution in [-0.4, -0.2) is 35.9 Å². The summed E-state index contributed by atoms with van der Waals surface area (Å²) in [5.41, 5.74) is 3.03. The fraction of sp³-hybridized carbons (Fsp3) is 0.481. The van der Waals surface area contributed by atoms with E-state index in [4.69, 9.17) is 4.74 Å². The highest BCUT2D eigenvalue weighted by molar-refractivity contribution is 5.88. The van der Waals surface area contributed by atoms with Crippen LogP contribution in [0.5, 0.6) is 5.75 Å². The molecular weight excluding hydrogens is 400 g/mol. The van der Waals surface area contributed by atoms with Crippen molar-refractivity contribution < 1.29 is 14.3 Å². The van der Waals surface area contributed by atoms with Crippen molar-refractivity contribution in [3.8, 4) is 5.75 Å². The van der Waals surface area contributed by atoms with E-state index < -0.39 is 6.04 Å². The first kappa shape index (κ1) is 25.4. The smallest absolute Gasteiger partial charge is 0.261 e. The van der Waals surface area contributed by atoms with Gasteiger partial charge in [-0.05, 0) is 47.9 Å². The molecule has 1 atom stereocenters. The van der Waals surface area contributed by atoms with Gasteiger partial charge < -0.3 is 15.0 Å². The SMILES string of the molecule is Cc1ccccc1CN(C(=O)COc1ccccc1C(C)(C)C)[C@H](C)C(=O)NCC(C)C. The molecule has 32 heavy (non-hydrogen) atoms. The summed E-state index contributed by atoms with van der Waals surface area (Å²) >= 11 is 0. The van der Waals surface area contributed by atoms with E-state index in [1.165, 1.54) is 0 Å². The standard InChI is InChI=1S/C27H38N2O3/c1-19(2)16-28-26(31)21(4)29(17-22-13-9-8-12-20(22)3)25(30)18-32-24-15-11-10-14-23(24)27(5,6)7/h8-15,19,21H,16-18H2,1-7H3,(H,28,31)/t21-/m1/s1. The molecule has 0 radical (unpaired) electrons. The Hall–Kier alpha value is -2.82. The van der Waals surface area contributed by atoms with Crippen molar-refractivity contribution in [2.24, 2.45) is 5.92 Å². The normalized spacial score (nSPS) is 12.4. The highest BCUT2D eigenvalue weighted by atomic mass is 16.5. The molecule has 0 spiro atoms. The zero-order valence-electron chi connectivity index (χ0n) is 20.6. The fourth-order valence-electron chi connectivity index (χ4n) is 3.44. The minimum atomic E-state index is -0.609. The number of nitrogens with zero attached hydrogens (tertiary/aromatic N) is 1. The molecule has 0 aromatic heterocycles. The Bertz CT molecular complexity index is 915. The van der Waals surface area contributed by atoms with Crippen molar-refractivity contribution in [1.82, 2.24) is 10.2 Å². The Kier molecular flexibility index (Phi) is 8.88. The monoisotopic (exact) mass is 438 g/mol. The van der Waals surface area contributed by atoms with E-state index in [-0.39, 0.29) is 23.8 Å². The third-order valence-corrected chi connectivity index (χ3v) is 5.50. The molecule has 0 bridgehead atoms. The molecule has 5 nitrogen and oxygen atoms in total. The number of carbonyl (C=O) groups excluding carboxylic acids is 2. The molecule has 0 aliphatic carbocycles. The van der Waals surface area contributed by atoms with Gasteiger partial charge in [-0.25, -0.2) is 0 Å². The zero-order chi connectivity index (χ0) is 23.9. The lowest BCUT2D eigenvalue weighted by Crippen LogP contribution is -2.49. The number of rotatable bonds is 9. The minimum absolute atomic E-state index is 0.107. The molecule has 2 aromatic carbocycles. The molecule has 1 N–H and O–H groups in total. The maximum absolute atomic E-state index is 13.3. The van der Waals surface area contributed by atoms with Crippen LogP contribution in [0.4, 0.5) is 0 Å². The molecule has 0 aliphatic rings. The van der Waals surface area contributed by atoms with Crippen molar-refractivity contribution in [3.05, 3.63) is 65.2 Å². The Labute approximate surface area is 193 Å². The summed E-state index contributed by atoms with van der Waals surface area (Å²) in [4.78, 5) is 27.7. The van der Waals surface area contributed by atoms with E-state index in [0.29, 0.717) is 24.8 Å². The Morgan fingerprint density at radius 2 is 1.62 bits per heavy atom. The van der Waals surface area contributed by atoms with Crippen molar-refractivity contribution >= 4 is 11.8 Å². The first-order chi connectivity index (χ1) is 15.0. The number of amides is 2. The van der Waals surface area contributed by atoms with Crippen molar-refractivity contribution in [2.75, 3.05) is 13.2 Å². The highest BCUT2D eigenvalue weighted by Gasteiger charge is 2.27. The summed E-state index contributed by atoms with van der Waals surface area (Å²) < 4.78 is 5.98. The Balaban J connectivity index is 2.22. The lowest BCUT2D eigenvalue weighted by Gasteiger charge is -2.30. The van der Waals surface area contributed by atoms with E-state index in [2.05, 4.69) is 26.1 Å². The molecule has 2 aromatic rings. The van der Waals surface area contributed by atoms with Crippen LogP contribution in [0.15, 0.2) is 48.5 Å². The van der Waals surface area contributed by atoms with E-state index >= 15 is 0 Å². The van der Waals surface area contributed by atoms with E-state index in [0.717, 1.165) is 16.7 Å². The topological polar surface area (TPSA) is 58.6 Å². The van der Waals surface area contributed by atoms with Crippen LogP contribution in [0.1, 0.15) is 58.2 Å². The maximum Gasteiger partial charge on any atom is 0.261 e. The summed E-state index contributed by atoms with van der Waals surface area (Å²) in [5, 5.41) is 2.95. The molecule has 0 fully saturated rings. The number of aryl methyl sites for hydroxylation is 1. The summed E-state index contributed by atoms with van der Waals surface area (Å²) in [6, 6.07) is 15.1. The number of para-hydroxylation sites is 1. The second-order valence-electron chi connectivity index (χ2n) is 9.80. The fourth-order valence-corrected chi connectivity index (χ4v) is 3.44. The second-order valence-corrected chi connectivity index (χ2v) is 9.80. The molecule has 0 unspecified atom stereocenters. The van der Waals surface area contributed by atoms with Crippen molar-refractivity contribution in [1.29, 1.82) is 0 Å². The number of ether oxygens (including phenoxy) is 1. The van der Waals surface area contributed by atoms with Crippen molar-refractivity contribution in [2.45, 2.75) is 66.5 Å². The van der Waals surface area contributed by atoms with Gasteiger partial charge in [0.2, 0.25) is 5.91 Å². The van der Waals surface area contributed by atoms with Gasteiger partial charge in [-0.2, -0.15) is 0 Å². The molecule has 0 saturated heterocycles. The molecule has 174 valence electrons. The molecule has 0 aliphatic heterocycles. The number of benzene rings is 2. The maximum atomic E-state index is 13.3. The van der Waals surface area contributed by atoms with Gasteiger partial charge in [0.05, 0.1) is 0 Å². The van der Waals surface area contributed by atoms with Gasteiger partial charge in [-0.1, -0.05) is 77.1 Å². The Morgan fingerprint density at radius 3 is 2.25 bits per heavy atom. The summed E-state index contributed by atoms with van der Waals surface area (Å²) in [6.45, 7) is 15.0. The van der Waals surface area contributed by atoms with Crippen LogP contribution in [-0.2, 0) is 21.5 Å². The highest BCUT2D eigenvalue weighted by Crippen LogP contribution is 2.31. The van der Waals surface area contributed by atoms with Crippen LogP contribution in [0.3, 0.4) is 0 Å². The van der Waals surface area contributed by atoms with E-state index in [9.17, 15) is 9.59 Å². The van der Waals surface area contributed by atoms with Gasteiger partial charge in [0, 0.05) is 13.1 Å². The Morgan fingerprint density at radius 1 is 1.00 bits per heavy atom. The van der Waals surface area contributed by atoms with Crippen LogP contribution in [0, 0.1) is 12.8 Å². The van der Waals surface area contributed by atoms with Gasteiger partial charge in [-0.15, -0.1) is 0 Å². The third-order valence-electron chi connectivity index (χ3n) is 5.50. The minimum Gasteiger partial charge on any atom is -0.483 e. The van der Waals surface area contributed by atoms with Crippen LogP contribution >= 0.6 is 0 Å². The largest absolute Gasteiger partial charge is 0.483 e. The summed E-state index contributed by atoms with van der Waals surface area (Å²) in [6.07, 6.45) is 0. The van der Waals surface area contributed by atoms with Crippen LogP contribution in [0.2, 0.25) is 0 Å². The predicted octanol–water partition coefficient (Wildman–Crippen LogP) is 4.86. The molecule has 5 heteroatoms. The van der Waals surface area contributed by atoms with Crippen molar-refractivity contribution in [3.63, 3.8) is 0 Å². The average molecular weight is 439 g/mol. The van der Waals surface area contributed by atoms with Crippen LogP contribution in [0.25, 0.3) is 0 Å². The van der Waals surface area contributed by atoms with Crippen LogP contribution < -0.4 is 10.1 Å². The van der Waals surface area contributed by atoms with Gasteiger partial charge in [0.25, 0.3) is 5.91 Å².